The lowest BCUT2D eigenvalue weighted by Crippen LogP contribution is -2.27. The molecule has 0 saturated heterocycles. The molecule has 1 aromatic carbocycles. The molecule has 112 valence electrons. The van der Waals surface area contributed by atoms with Crippen LogP contribution in [-0.2, 0) is 11.2 Å². The lowest BCUT2D eigenvalue weighted by Gasteiger charge is -2.08. The number of hydrogen-bond donors (Lipinski definition) is 2. The van der Waals surface area contributed by atoms with Gasteiger partial charge >= 0.3 is 0 Å². The second-order valence-electron chi connectivity index (χ2n) is 4.47. The number of ether oxygens (including phenoxy) is 1. The Kier molecular flexibility index (Phi) is 5.14. The maximum Gasteiger partial charge on any atom is 0.228 e. The molecule has 7 nitrogen and oxygen atoms in total. The van der Waals surface area contributed by atoms with Crippen molar-refractivity contribution in [2.24, 2.45) is 0 Å². The third-order valence-electron chi connectivity index (χ3n) is 2.74. The third kappa shape index (κ3) is 4.79. The average molecular weight is 290 g/mol. The van der Waals surface area contributed by atoms with Crippen LogP contribution in [-0.4, -0.2) is 29.2 Å². The highest BCUT2D eigenvalue weighted by molar-refractivity contribution is 5.76. The predicted molar refractivity (Wildman–Crippen MR) is 76.7 cm³/mol. The summed E-state index contributed by atoms with van der Waals surface area (Å²) in [6.45, 7) is 2.48. The van der Waals surface area contributed by atoms with Crippen LogP contribution >= 0.6 is 0 Å². The van der Waals surface area contributed by atoms with Crippen LogP contribution in [0.3, 0.4) is 0 Å². The Bertz CT molecular complexity index is 597. The molecule has 1 aromatic heterocycles. The average Bonchev–Trinajstić information content (AvgIpc) is 2.87. The number of aromatic nitrogens is 2. The van der Waals surface area contributed by atoms with Gasteiger partial charge in [-0.05, 0) is 19.1 Å². The van der Waals surface area contributed by atoms with E-state index >= 15 is 0 Å². The number of para-hydroxylation sites is 2. The second-order valence-corrected chi connectivity index (χ2v) is 4.47. The summed E-state index contributed by atoms with van der Waals surface area (Å²) in [5.74, 6) is 1.60. The van der Waals surface area contributed by atoms with Crippen LogP contribution in [0.15, 0.2) is 28.8 Å². The molecular weight excluding hydrogens is 272 g/mol. The number of carbonyl (C=O) groups excluding carboxylic acids is 1. The minimum absolute atomic E-state index is 0.0965. The topological polar surface area (TPSA) is 103 Å². The van der Waals surface area contributed by atoms with Crippen LogP contribution in [0.2, 0.25) is 0 Å². The number of amides is 1. The number of carbonyl (C=O) groups is 1. The normalized spacial score (nSPS) is 10.3. The molecule has 0 bridgehead atoms. The highest BCUT2D eigenvalue weighted by Gasteiger charge is 2.06. The van der Waals surface area contributed by atoms with Crippen molar-refractivity contribution in [2.45, 2.75) is 19.8 Å². The lowest BCUT2D eigenvalue weighted by molar-refractivity contribution is -0.121. The first-order valence-electron chi connectivity index (χ1n) is 6.68. The fourth-order valence-electron chi connectivity index (χ4n) is 1.70. The monoisotopic (exact) mass is 290 g/mol. The fourth-order valence-corrected chi connectivity index (χ4v) is 1.70. The van der Waals surface area contributed by atoms with Crippen LogP contribution < -0.4 is 15.8 Å². The Morgan fingerprint density at radius 2 is 2.24 bits per heavy atom. The van der Waals surface area contributed by atoms with Gasteiger partial charge in [0.2, 0.25) is 11.8 Å². The van der Waals surface area contributed by atoms with Gasteiger partial charge in [-0.2, -0.15) is 4.98 Å². The van der Waals surface area contributed by atoms with E-state index < -0.39 is 0 Å². The van der Waals surface area contributed by atoms with Gasteiger partial charge in [-0.15, -0.1) is 0 Å². The van der Waals surface area contributed by atoms with Crippen molar-refractivity contribution in [1.29, 1.82) is 0 Å². The molecule has 21 heavy (non-hydrogen) atoms. The van der Waals surface area contributed by atoms with E-state index in [-0.39, 0.29) is 18.9 Å². The Morgan fingerprint density at radius 1 is 1.43 bits per heavy atom. The van der Waals surface area contributed by atoms with E-state index in [2.05, 4.69) is 15.5 Å². The van der Waals surface area contributed by atoms with Gasteiger partial charge in [0.05, 0.1) is 18.7 Å². The number of aryl methyl sites for hydroxylation is 1. The van der Waals surface area contributed by atoms with Crippen LogP contribution in [0.25, 0.3) is 0 Å². The summed E-state index contributed by atoms with van der Waals surface area (Å²) in [6, 6.07) is 7.18. The van der Waals surface area contributed by atoms with Crippen LogP contribution in [0.1, 0.15) is 18.1 Å². The molecule has 0 spiro atoms. The molecule has 7 heteroatoms. The van der Waals surface area contributed by atoms with Crippen molar-refractivity contribution in [1.82, 2.24) is 15.5 Å². The Morgan fingerprint density at radius 3 is 2.95 bits per heavy atom. The minimum Gasteiger partial charge on any atom is -0.491 e. The molecule has 0 aliphatic heterocycles. The number of nitrogens with zero attached hydrogens (tertiary/aromatic N) is 2. The van der Waals surface area contributed by atoms with E-state index in [0.717, 1.165) is 0 Å². The maximum absolute atomic E-state index is 11.6. The largest absolute Gasteiger partial charge is 0.491 e. The molecule has 0 aliphatic rings. The molecule has 2 aromatic rings. The van der Waals surface area contributed by atoms with Crippen molar-refractivity contribution in [3.05, 3.63) is 36.0 Å². The first-order valence-corrected chi connectivity index (χ1v) is 6.68. The molecular formula is C14H18N4O3. The quantitative estimate of drug-likeness (QED) is 0.740. The summed E-state index contributed by atoms with van der Waals surface area (Å²) in [5, 5.41) is 6.44. The molecule has 1 heterocycles. The summed E-state index contributed by atoms with van der Waals surface area (Å²) < 4.78 is 10.4. The summed E-state index contributed by atoms with van der Waals surface area (Å²) in [6.07, 6.45) is 0.774. The Balaban J connectivity index is 1.63. The van der Waals surface area contributed by atoms with E-state index in [0.29, 0.717) is 36.1 Å². The van der Waals surface area contributed by atoms with Crippen molar-refractivity contribution in [2.75, 3.05) is 18.9 Å². The standard InChI is InChI=1S/C14H18N4O3/c1-10-17-14(21-18-10)6-8-16-13(19)7-9-20-12-5-3-2-4-11(12)15/h2-5H,6-9,15H2,1H3,(H,16,19). The number of hydrogen-bond acceptors (Lipinski definition) is 6. The van der Waals surface area contributed by atoms with Gasteiger partial charge in [0.25, 0.3) is 0 Å². The van der Waals surface area contributed by atoms with Gasteiger partial charge in [0, 0.05) is 13.0 Å². The molecule has 0 saturated carbocycles. The van der Waals surface area contributed by atoms with Crippen molar-refractivity contribution in [3.8, 4) is 5.75 Å². The maximum atomic E-state index is 11.6. The van der Waals surface area contributed by atoms with Gasteiger partial charge < -0.3 is 20.3 Å². The van der Waals surface area contributed by atoms with Gasteiger partial charge in [0.1, 0.15) is 5.75 Å². The van der Waals surface area contributed by atoms with Crippen LogP contribution in [0, 0.1) is 6.92 Å². The number of nitrogen functional groups attached to an aromatic ring is 1. The summed E-state index contributed by atoms with van der Waals surface area (Å²) in [5.41, 5.74) is 6.30. The Labute approximate surface area is 122 Å². The Hall–Kier alpha value is -2.57. The molecule has 3 N–H and O–H groups in total. The smallest absolute Gasteiger partial charge is 0.228 e. The number of benzene rings is 1. The molecule has 2 rings (SSSR count). The van der Waals surface area contributed by atoms with Crippen LogP contribution in [0.4, 0.5) is 5.69 Å². The molecule has 0 radical (unpaired) electrons. The predicted octanol–water partition coefficient (Wildman–Crippen LogP) is 1.09. The van der Waals surface area contributed by atoms with E-state index in [9.17, 15) is 4.79 Å². The SMILES string of the molecule is Cc1noc(CCNC(=O)CCOc2ccccc2N)n1. The van der Waals surface area contributed by atoms with E-state index in [4.69, 9.17) is 15.0 Å². The fraction of sp³-hybridized carbons (Fsp3) is 0.357. The molecule has 1 amide bonds. The molecule has 0 aliphatic carbocycles. The van der Waals surface area contributed by atoms with Crippen molar-refractivity contribution < 1.29 is 14.1 Å². The number of rotatable bonds is 7. The third-order valence-corrected chi connectivity index (χ3v) is 2.74. The van der Waals surface area contributed by atoms with Gasteiger partial charge in [-0.3, -0.25) is 4.79 Å². The molecule has 0 atom stereocenters. The first kappa shape index (κ1) is 14.8. The summed E-state index contributed by atoms with van der Waals surface area (Å²) >= 11 is 0. The molecule has 0 fully saturated rings. The molecule has 0 unspecified atom stereocenters. The second kappa shape index (κ2) is 7.28. The van der Waals surface area contributed by atoms with Gasteiger partial charge in [-0.1, -0.05) is 17.3 Å². The number of anilines is 1. The zero-order valence-electron chi connectivity index (χ0n) is 11.8. The van der Waals surface area contributed by atoms with Crippen molar-refractivity contribution in [3.63, 3.8) is 0 Å². The number of nitrogens with two attached hydrogens (primary N) is 1. The summed E-state index contributed by atoms with van der Waals surface area (Å²) in [4.78, 5) is 15.7. The first-order chi connectivity index (χ1) is 10.1. The van der Waals surface area contributed by atoms with Gasteiger partial charge in [-0.25, -0.2) is 0 Å². The number of nitrogens with one attached hydrogen (secondary N) is 1. The highest BCUT2D eigenvalue weighted by atomic mass is 16.5. The van der Waals surface area contributed by atoms with Gasteiger partial charge in [0.15, 0.2) is 5.82 Å². The van der Waals surface area contributed by atoms with Crippen molar-refractivity contribution >= 4 is 11.6 Å². The highest BCUT2D eigenvalue weighted by Crippen LogP contribution is 2.19. The van der Waals surface area contributed by atoms with E-state index in [1.54, 1.807) is 19.1 Å². The van der Waals surface area contributed by atoms with E-state index in [1.807, 2.05) is 12.1 Å². The zero-order valence-corrected chi connectivity index (χ0v) is 11.8. The van der Waals surface area contributed by atoms with Crippen LogP contribution in [0.5, 0.6) is 5.75 Å². The lowest BCUT2D eigenvalue weighted by atomic mass is 10.3. The van der Waals surface area contributed by atoms with E-state index in [1.165, 1.54) is 0 Å². The summed E-state index contributed by atoms with van der Waals surface area (Å²) in [7, 11) is 0. The zero-order chi connectivity index (χ0) is 15.1. The minimum atomic E-state index is -0.0965.